The molecule has 0 N–H and O–H groups in total. The zero-order valence-corrected chi connectivity index (χ0v) is 19.0. The Morgan fingerprint density at radius 3 is 2.31 bits per heavy atom. The molecule has 0 radical (unpaired) electrons. The lowest BCUT2D eigenvalue weighted by Gasteiger charge is -2.09. The molecule has 0 unspecified atom stereocenters. The number of hydrogen-bond donors (Lipinski definition) is 0. The molecule has 0 aliphatic rings. The number of pyridine rings is 2. The lowest BCUT2D eigenvalue weighted by atomic mass is 10.2. The third kappa shape index (κ3) is 4.85. The summed E-state index contributed by atoms with van der Waals surface area (Å²) in [6.07, 6.45) is -3.70. The van der Waals surface area contributed by atoms with Crippen LogP contribution in [0.4, 0.5) is 22.0 Å². The maximum absolute atomic E-state index is 13.4. The third-order valence-corrected chi connectivity index (χ3v) is 6.80. The molecular formula is C23H15F5N4O2S. The second-order valence-corrected chi connectivity index (χ2v) is 9.65. The van der Waals surface area contributed by atoms with Gasteiger partial charge in [-0.05, 0) is 36.3 Å². The number of alkyl halides is 3. The molecule has 35 heavy (non-hydrogen) atoms. The summed E-state index contributed by atoms with van der Waals surface area (Å²) in [5.41, 5.74) is -1.02. The molecule has 4 rings (SSSR count). The minimum absolute atomic E-state index is 0.0198. The number of nitrogens with zero attached hydrogens (tertiary/aromatic N) is 4. The van der Waals surface area contributed by atoms with E-state index in [4.69, 9.17) is 0 Å². The molecule has 4 aromatic rings. The Labute approximate surface area is 196 Å². The Hall–Kier alpha value is -3.85. The van der Waals surface area contributed by atoms with E-state index in [0.29, 0.717) is 6.07 Å². The smallest absolute Gasteiger partial charge is 0.324 e. The van der Waals surface area contributed by atoms with Gasteiger partial charge in [0.2, 0.25) is 0 Å². The highest BCUT2D eigenvalue weighted by atomic mass is 32.2. The molecule has 0 spiro atoms. The van der Waals surface area contributed by atoms with Gasteiger partial charge in [0, 0.05) is 18.7 Å². The maximum Gasteiger partial charge on any atom is 0.433 e. The number of rotatable bonds is 3. The Kier molecular flexibility index (Phi) is 6.06. The molecule has 3 heterocycles. The van der Waals surface area contributed by atoms with E-state index in [9.17, 15) is 30.4 Å². The molecule has 0 saturated carbocycles. The molecule has 0 saturated heterocycles. The summed E-state index contributed by atoms with van der Waals surface area (Å²) in [6, 6.07) is 6.07. The van der Waals surface area contributed by atoms with Crippen molar-refractivity contribution in [2.24, 2.45) is 7.05 Å². The summed E-state index contributed by atoms with van der Waals surface area (Å²) in [5.74, 6) is 3.25. The van der Waals surface area contributed by atoms with Crippen LogP contribution in [0.2, 0.25) is 0 Å². The van der Waals surface area contributed by atoms with Crippen LogP contribution in [0, 0.1) is 23.5 Å². The van der Waals surface area contributed by atoms with Crippen molar-refractivity contribution in [3.8, 4) is 23.4 Å². The monoisotopic (exact) mass is 506 g/mol. The number of halogens is 5. The van der Waals surface area contributed by atoms with Crippen LogP contribution in [0.25, 0.3) is 22.6 Å². The number of sulfone groups is 1. The van der Waals surface area contributed by atoms with Gasteiger partial charge in [-0.1, -0.05) is 12.8 Å². The summed E-state index contributed by atoms with van der Waals surface area (Å²) in [5, 5.41) is 0. The van der Waals surface area contributed by atoms with E-state index in [2.05, 4.69) is 26.8 Å². The minimum Gasteiger partial charge on any atom is -0.324 e. The van der Waals surface area contributed by atoms with Gasteiger partial charge in [0.15, 0.2) is 15.7 Å². The van der Waals surface area contributed by atoms with Gasteiger partial charge in [0.1, 0.15) is 28.7 Å². The highest BCUT2D eigenvalue weighted by Crippen LogP contribution is 2.32. The fourth-order valence-corrected chi connectivity index (χ4v) is 4.32. The number of aromatic nitrogens is 4. The summed E-state index contributed by atoms with van der Waals surface area (Å²) < 4.78 is 92.9. The number of benzene rings is 1. The Balaban J connectivity index is 1.91. The SMILES string of the molecule is CCS(=O)(=O)c1ccc(C#Cc2cc(F)cc(F)c2)nc1-c1nc2cc(C(F)(F)F)ncc2n1C. The fraction of sp³-hybridized carbons (Fsp3) is 0.174. The molecule has 0 aliphatic carbocycles. The van der Waals surface area contributed by atoms with Gasteiger partial charge in [0.05, 0.1) is 27.9 Å². The summed E-state index contributed by atoms with van der Waals surface area (Å²) in [6.45, 7) is 1.43. The first kappa shape index (κ1) is 24.3. The minimum atomic E-state index is -4.69. The number of aryl methyl sites for hydroxylation is 1. The molecule has 0 aliphatic heterocycles. The van der Waals surface area contributed by atoms with Crippen molar-refractivity contribution in [3.05, 3.63) is 71.2 Å². The van der Waals surface area contributed by atoms with Gasteiger partial charge >= 0.3 is 6.18 Å². The largest absolute Gasteiger partial charge is 0.433 e. The van der Waals surface area contributed by atoms with E-state index in [-0.39, 0.29) is 44.5 Å². The molecule has 0 fully saturated rings. The van der Waals surface area contributed by atoms with Crippen molar-refractivity contribution in [3.63, 3.8) is 0 Å². The summed E-state index contributed by atoms with van der Waals surface area (Å²) >= 11 is 0. The van der Waals surface area contributed by atoms with E-state index in [1.54, 1.807) is 0 Å². The number of imidazole rings is 1. The van der Waals surface area contributed by atoms with E-state index >= 15 is 0 Å². The molecule has 0 atom stereocenters. The molecule has 0 bridgehead atoms. The van der Waals surface area contributed by atoms with Gasteiger partial charge in [0.25, 0.3) is 0 Å². The van der Waals surface area contributed by atoms with Gasteiger partial charge in [-0.3, -0.25) is 0 Å². The average molecular weight is 506 g/mol. The number of hydrogen-bond acceptors (Lipinski definition) is 5. The number of fused-ring (bicyclic) bond motifs is 1. The second kappa shape index (κ2) is 8.74. The quantitative estimate of drug-likeness (QED) is 0.302. The predicted molar refractivity (Wildman–Crippen MR) is 117 cm³/mol. The van der Waals surface area contributed by atoms with E-state index in [1.165, 1.54) is 30.7 Å². The molecule has 1 aromatic carbocycles. The Morgan fingerprint density at radius 1 is 1.00 bits per heavy atom. The standard InChI is InChI=1S/C23H15F5N4O2S/c1-3-35(33,34)19-7-6-16(5-4-13-8-14(24)10-15(25)9-13)30-21(19)22-31-17-11-20(23(26,27)28)29-12-18(17)32(22)2/h6-12H,3H2,1-2H3. The molecule has 180 valence electrons. The van der Waals surface area contributed by atoms with Crippen LogP contribution < -0.4 is 0 Å². The van der Waals surface area contributed by atoms with Crippen LogP contribution in [0.15, 0.2) is 47.5 Å². The highest BCUT2D eigenvalue weighted by Gasteiger charge is 2.33. The van der Waals surface area contributed by atoms with Crippen LogP contribution >= 0.6 is 0 Å². The first-order valence-corrected chi connectivity index (χ1v) is 11.7. The Bertz CT molecular complexity index is 1610. The Morgan fingerprint density at radius 2 is 1.69 bits per heavy atom. The van der Waals surface area contributed by atoms with Crippen molar-refractivity contribution in [2.45, 2.75) is 18.0 Å². The third-order valence-electron chi connectivity index (χ3n) is 5.04. The van der Waals surface area contributed by atoms with Crippen molar-refractivity contribution in [2.75, 3.05) is 5.75 Å². The predicted octanol–water partition coefficient (Wildman–Crippen LogP) is 4.52. The van der Waals surface area contributed by atoms with Crippen molar-refractivity contribution < 1.29 is 30.4 Å². The van der Waals surface area contributed by atoms with Crippen LogP contribution in [0.5, 0.6) is 0 Å². The first-order valence-electron chi connectivity index (χ1n) is 10.0. The zero-order valence-electron chi connectivity index (χ0n) is 18.2. The average Bonchev–Trinajstić information content (AvgIpc) is 3.12. The molecule has 3 aromatic heterocycles. The maximum atomic E-state index is 13.4. The van der Waals surface area contributed by atoms with Crippen LogP contribution in [-0.4, -0.2) is 33.7 Å². The zero-order chi connectivity index (χ0) is 25.5. The fourth-order valence-electron chi connectivity index (χ4n) is 3.30. The van der Waals surface area contributed by atoms with E-state index < -0.39 is 33.3 Å². The first-order chi connectivity index (χ1) is 16.4. The summed E-state index contributed by atoms with van der Waals surface area (Å²) in [4.78, 5) is 11.7. The van der Waals surface area contributed by atoms with Gasteiger partial charge in [-0.25, -0.2) is 32.2 Å². The van der Waals surface area contributed by atoms with E-state index in [1.807, 2.05) is 0 Å². The van der Waals surface area contributed by atoms with E-state index in [0.717, 1.165) is 24.4 Å². The molecule has 0 amide bonds. The normalized spacial score (nSPS) is 12.0. The van der Waals surface area contributed by atoms with Crippen molar-refractivity contribution >= 4 is 20.9 Å². The van der Waals surface area contributed by atoms with Crippen LogP contribution in [-0.2, 0) is 23.1 Å². The topological polar surface area (TPSA) is 77.7 Å². The van der Waals surface area contributed by atoms with Gasteiger partial charge < -0.3 is 4.57 Å². The lowest BCUT2D eigenvalue weighted by Crippen LogP contribution is -2.09. The van der Waals surface area contributed by atoms with Gasteiger partial charge in [-0.2, -0.15) is 13.2 Å². The van der Waals surface area contributed by atoms with Crippen molar-refractivity contribution in [1.29, 1.82) is 0 Å². The van der Waals surface area contributed by atoms with Gasteiger partial charge in [-0.15, -0.1) is 0 Å². The summed E-state index contributed by atoms with van der Waals surface area (Å²) in [7, 11) is -2.33. The van der Waals surface area contributed by atoms with Crippen LogP contribution in [0.1, 0.15) is 23.9 Å². The second-order valence-electron chi connectivity index (χ2n) is 7.41. The molecule has 6 nitrogen and oxygen atoms in total. The highest BCUT2D eigenvalue weighted by molar-refractivity contribution is 7.91. The molecular weight excluding hydrogens is 491 g/mol. The molecule has 12 heteroatoms. The van der Waals surface area contributed by atoms with Crippen LogP contribution in [0.3, 0.4) is 0 Å². The lowest BCUT2D eigenvalue weighted by molar-refractivity contribution is -0.141. The van der Waals surface area contributed by atoms with Crippen molar-refractivity contribution in [1.82, 2.24) is 19.5 Å².